The molecule has 0 heterocycles. The van der Waals surface area contributed by atoms with Gasteiger partial charge in [0.1, 0.15) is 5.78 Å². The average Bonchev–Trinajstić information content (AvgIpc) is 2.49. The van der Waals surface area contributed by atoms with Crippen LogP contribution in [-0.4, -0.2) is 5.78 Å². The van der Waals surface area contributed by atoms with Gasteiger partial charge in [-0.15, -0.1) is 12.3 Å². The smallest absolute Gasteiger partial charge is 0.139 e. The molecule has 0 atom stereocenters. The molecule has 1 fully saturated rings. The van der Waals surface area contributed by atoms with Crippen LogP contribution < -0.4 is 0 Å². The molecule has 0 bridgehead atoms. The molecule has 0 N–H and O–H groups in total. The van der Waals surface area contributed by atoms with Gasteiger partial charge in [-0.3, -0.25) is 4.79 Å². The van der Waals surface area contributed by atoms with E-state index in [0.29, 0.717) is 18.6 Å². The summed E-state index contributed by atoms with van der Waals surface area (Å²) in [5.74, 6) is 2.89. The highest BCUT2D eigenvalue weighted by Gasteiger charge is 2.34. The Kier molecular flexibility index (Phi) is 2.92. The fraction of sp³-hybridized carbons (Fsp3) is 0.727. The van der Waals surface area contributed by atoms with Crippen molar-refractivity contribution in [2.45, 2.75) is 45.4 Å². The van der Waals surface area contributed by atoms with Crippen molar-refractivity contribution in [2.24, 2.45) is 5.41 Å². The van der Waals surface area contributed by atoms with Crippen LogP contribution in [0.1, 0.15) is 45.4 Å². The fourth-order valence-electron chi connectivity index (χ4n) is 1.92. The summed E-state index contributed by atoms with van der Waals surface area (Å²) in [7, 11) is 0. The van der Waals surface area contributed by atoms with Crippen LogP contribution in [0.3, 0.4) is 0 Å². The minimum absolute atomic E-state index is 0.0309. The van der Waals surface area contributed by atoms with Gasteiger partial charge in [0, 0.05) is 18.3 Å². The van der Waals surface area contributed by atoms with E-state index >= 15 is 0 Å². The molecule has 0 aromatic carbocycles. The average molecular weight is 164 g/mol. The molecule has 1 rings (SSSR count). The summed E-state index contributed by atoms with van der Waals surface area (Å²) in [6.07, 6.45) is 10.8. The Morgan fingerprint density at radius 2 is 2.08 bits per heavy atom. The molecule has 1 saturated carbocycles. The lowest BCUT2D eigenvalue weighted by atomic mass is 9.82. The maximum absolute atomic E-state index is 11.6. The van der Waals surface area contributed by atoms with E-state index in [4.69, 9.17) is 6.42 Å². The predicted molar refractivity (Wildman–Crippen MR) is 49.6 cm³/mol. The lowest BCUT2D eigenvalue weighted by Gasteiger charge is -2.20. The molecule has 0 saturated heterocycles. The third kappa shape index (κ3) is 1.88. The Morgan fingerprint density at radius 3 is 2.58 bits per heavy atom. The highest BCUT2D eigenvalue weighted by Crippen LogP contribution is 2.39. The maximum atomic E-state index is 11.6. The monoisotopic (exact) mass is 164 g/mol. The Morgan fingerprint density at radius 1 is 1.50 bits per heavy atom. The van der Waals surface area contributed by atoms with Crippen molar-refractivity contribution < 1.29 is 4.79 Å². The zero-order valence-electron chi connectivity index (χ0n) is 7.73. The number of carbonyl (C=O) groups excluding carboxylic acids is 1. The first-order valence-electron chi connectivity index (χ1n) is 4.66. The van der Waals surface area contributed by atoms with Crippen LogP contribution in [-0.2, 0) is 4.79 Å². The van der Waals surface area contributed by atoms with Crippen molar-refractivity contribution in [1.29, 1.82) is 0 Å². The van der Waals surface area contributed by atoms with Crippen LogP contribution in [0.4, 0.5) is 0 Å². The predicted octanol–water partition coefficient (Wildman–Crippen LogP) is 2.55. The lowest BCUT2D eigenvalue weighted by Crippen LogP contribution is -2.23. The summed E-state index contributed by atoms with van der Waals surface area (Å²) >= 11 is 0. The van der Waals surface area contributed by atoms with Crippen LogP contribution in [0, 0.1) is 17.8 Å². The standard InChI is InChI=1S/C11H16O/c1-3-4-7-10(12)11(2)8-5-6-9-11/h1H,4-9H2,2H3. The van der Waals surface area contributed by atoms with E-state index in [0.717, 1.165) is 12.8 Å². The normalized spacial score (nSPS) is 20.3. The minimum Gasteiger partial charge on any atom is -0.299 e. The van der Waals surface area contributed by atoms with Crippen molar-refractivity contribution in [3.8, 4) is 12.3 Å². The van der Waals surface area contributed by atoms with Crippen molar-refractivity contribution >= 4 is 5.78 Å². The Labute approximate surface area is 74.5 Å². The van der Waals surface area contributed by atoms with Crippen LogP contribution in [0.2, 0.25) is 0 Å². The quantitative estimate of drug-likeness (QED) is 0.586. The lowest BCUT2D eigenvalue weighted by molar-refractivity contribution is -0.127. The molecule has 0 aromatic heterocycles. The Hall–Kier alpha value is -0.770. The minimum atomic E-state index is -0.0309. The van der Waals surface area contributed by atoms with E-state index in [-0.39, 0.29) is 5.41 Å². The highest BCUT2D eigenvalue weighted by atomic mass is 16.1. The van der Waals surface area contributed by atoms with Crippen molar-refractivity contribution in [2.75, 3.05) is 0 Å². The van der Waals surface area contributed by atoms with Crippen LogP contribution >= 0.6 is 0 Å². The number of rotatable bonds is 3. The first kappa shape index (κ1) is 9.32. The Balaban J connectivity index is 2.45. The summed E-state index contributed by atoms with van der Waals surface area (Å²) in [6.45, 7) is 2.08. The van der Waals surface area contributed by atoms with E-state index < -0.39 is 0 Å². The maximum Gasteiger partial charge on any atom is 0.139 e. The highest BCUT2D eigenvalue weighted by molar-refractivity contribution is 5.84. The van der Waals surface area contributed by atoms with Gasteiger partial charge in [-0.1, -0.05) is 19.8 Å². The third-order valence-corrected chi connectivity index (χ3v) is 2.88. The summed E-state index contributed by atoms with van der Waals surface area (Å²) < 4.78 is 0. The number of ketones is 1. The van der Waals surface area contributed by atoms with E-state index in [1.165, 1.54) is 12.8 Å². The molecular weight excluding hydrogens is 148 g/mol. The molecule has 1 aliphatic rings. The van der Waals surface area contributed by atoms with E-state index in [1.807, 2.05) is 0 Å². The van der Waals surface area contributed by atoms with Crippen LogP contribution in [0.5, 0.6) is 0 Å². The van der Waals surface area contributed by atoms with E-state index in [9.17, 15) is 4.79 Å². The number of Topliss-reactive ketones (excluding diaryl/α,β-unsaturated/α-hetero) is 1. The topological polar surface area (TPSA) is 17.1 Å². The number of carbonyl (C=O) groups is 1. The Bertz CT molecular complexity index is 204. The first-order chi connectivity index (χ1) is 5.69. The second-order valence-electron chi connectivity index (χ2n) is 3.90. The summed E-state index contributed by atoms with van der Waals surface area (Å²) in [5.41, 5.74) is -0.0309. The van der Waals surface area contributed by atoms with Gasteiger partial charge in [-0.2, -0.15) is 0 Å². The van der Waals surface area contributed by atoms with Gasteiger partial charge in [0.25, 0.3) is 0 Å². The van der Waals surface area contributed by atoms with Gasteiger partial charge in [0.15, 0.2) is 0 Å². The van der Waals surface area contributed by atoms with Gasteiger partial charge in [-0.05, 0) is 12.8 Å². The van der Waals surface area contributed by atoms with Crippen molar-refractivity contribution in [3.63, 3.8) is 0 Å². The zero-order valence-corrected chi connectivity index (χ0v) is 7.73. The molecule has 0 amide bonds. The molecule has 12 heavy (non-hydrogen) atoms. The summed E-state index contributed by atoms with van der Waals surface area (Å²) in [6, 6.07) is 0. The van der Waals surface area contributed by atoms with Crippen molar-refractivity contribution in [3.05, 3.63) is 0 Å². The van der Waals surface area contributed by atoms with Gasteiger partial charge >= 0.3 is 0 Å². The van der Waals surface area contributed by atoms with E-state index in [1.54, 1.807) is 0 Å². The molecule has 66 valence electrons. The molecule has 1 heteroatoms. The molecular formula is C11H16O. The van der Waals surface area contributed by atoms with Gasteiger partial charge < -0.3 is 0 Å². The zero-order chi connectivity index (χ0) is 9.03. The number of hydrogen-bond acceptors (Lipinski definition) is 1. The number of hydrogen-bond donors (Lipinski definition) is 0. The molecule has 1 nitrogen and oxygen atoms in total. The van der Waals surface area contributed by atoms with Crippen molar-refractivity contribution in [1.82, 2.24) is 0 Å². The molecule has 0 spiro atoms. The fourth-order valence-corrected chi connectivity index (χ4v) is 1.92. The van der Waals surface area contributed by atoms with Gasteiger partial charge in [-0.25, -0.2) is 0 Å². The third-order valence-electron chi connectivity index (χ3n) is 2.88. The van der Waals surface area contributed by atoms with Gasteiger partial charge in [0.05, 0.1) is 0 Å². The van der Waals surface area contributed by atoms with Crippen LogP contribution in [0.15, 0.2) is 0 Å². The molecule has 0 aromatic rings. The molecule has 0 radical (unpaired) electrons. The second kappa shape index (κ2) is 3.76. The second-order valence-corrected chi connectivity index (χ2v) is 3.90. The molecule has 1 aliphatic carbocycles. The summed E-state index contributed by atoms with van der Waals surface area (Å²) in [5, 5.41) is 0. The molecule has 0 aliphatic heterocycles. The largest absolute Gasteiger partial charge is 0.299 e. The number of terminal acetylenes is 1. The van der Waals surface area contributed by atoms with Crippen LogP contribution in [0.25, 0.3) is 0 Å². The first-order valence-corrected chi connectivity index (χ1v) is 4.66. The molecule has 0 unspecified atom stereocenters. The SMILES string of the molecule is C#CCCC(=O)C1(C)CCCC1. The van der Waals surface area contributed by atoms with Gasteiger partial charge in [0.2, 0.25) is 0 Å². The summed E-state index contributed by atoms with van der Waals surface area (Å²) in [4.78, 5) is 11.6. The van der Waals surface area contributed by atoms with E-state index in [2.05, 4.69) is 12.8 Å².